The van der Waals surface area contributed by atoms with E-state index in [2.05, 4.69) is 5.32 Å². The second kappa shape index (κ2) is 5.37. The standard InChI is InChI=1S/C19H20N2O2/c1-21-18(22)14-9-5-8-13-16(20-12-6-3-2-4-7-12)11-10-15(17(13)14)19(21)23/h5,8-12,20H,2-4,6-7H2,1H3. The molecule has 1 heterocycles. The number of carbonyl (C=O) groups is 2. The van der Waals surface area contributed by atoms with Crippen LogP contribution in [0.2, 0.25) is 0 Å². The molecule has 2 aliphatic rings. The molecular weight excluding hydrogens is 288 g/mol. The van der Waals surface area contributed by atoms with Crippen LogP contribution < -0.4 is 5.32 Å². The van der Waals surface area contributed by atoms with Crippen molar-refractivity contribution in [3.05, 3.63) is 41.5 Å². The van der Waals surface area contributed by atoms with Crippen LogP contribution in [0.25, 0.3) is 10.8 Å². The summed E-state index contributed by atoms with van der Waals surface area (Å²) in [5, 5.41) is 5.40. The summed E-state index contributed by atoms with van der Waals surface area (Å²) in [5.41, 5.74) is 2.27. The van der Waals surface area contributed by atoms with E-state index in [1.54, 1.807) is 7.05 Å². The first-order chi connectivity index (χ1) is 11.2. The van der Waals surface area contributed by atoms with Gasteiger partial charge in [-0.2, -0.15) is 0 Å². The fraction of sp³-hybridized carbons (Fsp3) is 0.368. The highest BCUT2D eigenvalue weighted by molar-refractivity contribution is 6.26. The molecule has 0 radical (unpaired) electrons. The molecule has 4 rings (SSSR count). The Morgan fingerprint density at radius 2 is 1.65 bits per heavy atom. The average molecular weight is 308 g/mol. The molecule has 1 fully saturated rings. The van der Waals surface area contributed by atoms with Crippen molar-refractivity contribution < 1.29 is 9.59 Å². The van der Waals surface area contributed by atoms with E-state index in [0.717, 1.165) is 16.5 Å². The van der Waals surface area contributed by atoms with Crippen LogP contribution in [0.1, 0.15) is 52.8 Å². The van der Waals surface area contributed by atoms with E-state index in [1.807, 2.05) is 30.3 Å². The molecule has 1 aliphatic heterocycles. The van der Waals surface area contributed by atoms with E-state index in [4.69, 9.17) is 0 Å². The molecule has 0 atom stereocenters. The maximum atomic E-state index is 12.4. The third-order valence-corrected chi connectivity index (χ3v) is 5.08. The van der Waals surface area contributed by atoms with Crippen LogP contribution in [-0.4, -0.2) is 29.8 Å². The van der Waals surface area contributed by atoms with E-state index in [9.17, 15) is 9.59 Å². The SMILES string of the molecule is CN1C(=O)c2cccc3c(NC4CCCCC4)ccc(c23)C1=O. The smallest absolute Gasteiger partial charge is 0.261 e. The highest BCUT2D eigenvalue weighted by Crippen LogP contribution is 2.35. The van der Waals surface area contributed by atoms with Gasteiger partial charge in [0.2, 0.25) is 0 Å². The van der Waals surface area contributed by atoms with Crippen LogP contribution in [0.4, 0.5) is 5.69 Å². The number of nitrogens with one attached hydrogen (secondary N) is 1. The Kier molecular flexibility index (Phi) is 3.33. The fourth-order valence-corrected chi connectivity index (χ4v) is 3.81. The van der Waals surface area contributed by atoms with Crippen LogP contribution in [0.5, 0.6) is 0 Å². The van der Waals surface area contributed by atoms with Crippen molar-refractivity contribution >= 4 is 28.3 Å². The van der Waals surface area contributed by atoms with Gasteiger partial charge in [0.05, 0.1) is 0 Å². The van der Waals surface area contributed by atoms with Crippen molar-refractivity contribution in [1.82, 2.24) is 4.90 Å². The van der Waals surface area contributed by atoms with Gasteiger partial charge in [0.15, 0.2) is 0 Å². The Morgan fingerprint density at radius 1 is 0.957 bits per heavy atom. The molecule has 4 heteroatoms. The lowest BCUT2D eigenvalue weighted by Gasteiger charge is -2.27. The molecule has 118 valence electrons. The van der Waals surface area contributed by atoms with Gasteiger partial charge in [0.1, 0.15) is 0 Å². The van der Waals surface area contributed by atoms with Crippen molar-refractivity contribution in [1.29, 1.82) is 0 Å². The van der Waals surface area contributed by atoms with Crippen molar-refractivity contribution in [2.24, 2.45) is 0 Å². The molecule has 2 aromatic carbocycles. The molecule has 1 saturated carbocycles. The minimum absolute atomic E-state index is 0.220. The van der Waals surface area contributed by atoms with Crippen LogP contribution in [-0.2, 0) is 0 Å². The van der Waals surface area contributed by atoms with Gasteiger partial charge in [-0.1, -0.05) is 31.4 Å². The normalized spacial score (nSPS) is 18.6. The number of benzene rings is 2. The number of hydrogen-bond acceptors (Lipinski definition) is 3. The summed E-state index contributed by atoms with van der Waals surface area (Å²) in [4.78, 5) is 26.0. The largest absolute Gasteiger partial charge is 0.382 e. The molecule has 0 saturated heterocycles. The second-order valence-corrected chi connectivity index (χ2v) is 6.54. The molecule has 2 aromatic rings. The molecule has 0 spiro atoms. The van der Waals surface area contributed by atoms with Crippen molar-refractivity contribution in [2.45, 2.75) is 38.1 Å². The van der Waals surface area contributed by atoms with Crippen LogP contribution in [0.15, 0.2) is 30.3 Å². The third kappa shape index (κ3) is 2.21. The van der Waals surface area contributed by atoms with Crippen LogP contribution in [0, 0.1) is 0 Å². The number of rotatable bonds is 2. The van der Waals surface area contributed by atoms with E-state index in [0.29, 0.717) is 17.2 Å². The molecule has 1 aliphatic carbocycles. The number of nitrogens with zero attached hydrogens (tertiary/aromatic N) is 1. The summed E-state index contributed by atoms with van der Waals surface area (Å²) in [6, 6.07) is 10.0. The first-order valence-electron chi connectivity index (χ1n) is 8.31. The maximum Gasteiger partial charge on any atom is 0.261 e. The quantitative estimate of drug-likeness (QED) is 0.858. The van der Waals surface area contributed by atoms with Gasteiger partial charge in [0, 0.05) is 40.7 Å². The Balaban J connectivity index is 1.84. The molecule has 4 nitrogen and oxygen atoms in total. The summed E-state index contributed by atoms with van der Waals surface area (Å²) < 4.78 is 0. The summed E-state index contributed by atoms with van der Waals surface area (Å²) >= 11 is 0. The van der Waals surface area contributed by atoms with Gasteiger partial charge >= 0.3 is 0 Å². The van der Waals surface area contributed by atoms with Gasteiger partial charge in [-0.25, -0.2) is 0 Å². The fourth-order valence-electron chi connectivity index (χ4n) is 3.81. The summed E-state index contributed by atoms with van der Waals surface area (Å²) in [7, 11) is 1.54. The number of imide groups is 1. The summed E-state index contributed by atoms with van der Waals surface area (Å²) in [5.74, 6) is -0.439. The van der Waals surface area contributed by atoms with Crippen LogP contribution >= 0.6 is 0 Å². The minimum Gasteiger partial charge on any atom is -0.382 e. The monoisotopic (exact) mass is 308 g/mol. The zero-order chi connectivity index (χ0) is 16.0. The molecule has 2 amide bonds. The Hall–Kier alpha value is -2.36. The van der Waals surface area contributed by atoms with Crippen molar-refractivity contribution in [2.75, 3.05) is 12.4 Å². The van der Waals surface area contributed by atoms with E-state index < -0.39 is 0 Å². The lowest BCUT2D eigenvalue weighted by molar-refractivity contribution is 0.0651. The third-order valence-electron chi connectivity index (χ3n) is 5.08. The Labute approximate surface area is 135 Å². The highest BCUT2D eigenvalue weighted by atomic mass is 16.2. The van der Waals surface area contributed by atoms with Gasteiger partial charge in [-0.15, -0.1) is 0 Å². The number of amides is 2. The predicted molar refractivity (Wildman–Crippen MR) is 90.9 cm³/mol. The second-order valence-electron chi connectivity index (χ2n) is 6.54. The summed E-state index contributed by atoms with van der Waals surface area (Å²) in [6.45, 7) is 0. The molecule has 0 aromatic heterocycles. The minimum atomic E-state index is -0.220. The summed E-state index contributed by atoms with van der Waals surface area (Å²) in [6.07, 6.45) is 6.21. The zero-order valence-corrected chi connectivity index (χ0v) is 13.3. The van der Waals surface area contributed by atoms with Gasteiger partial charge in [-0.3, -0.25) is 14.5 Å². The van der Waals surface area contributed by atoms with E-state index >= 15 is 0 Å². The zero-order valence-electron chi connectivity index (χ0n) is 13.3. The molecule has 0 unspecified atom stereocenters. The topological polar surface area (TPSA) is 49.4 Å². The Morgan fingerprint density at radius 3 is 2.39 bits per heavy atom. The molecule has 1 N–H and O–H groups in total. The van der Waals surface area contributed by atoms with Crippen LogP contribution in [0.3, 0.4) is 0 Å². The first-order valence-corrected chi connectivity index (χ1v) is 8.31. The Bertz CT molecular complexity index is 784. The number of anilines is 1. The average Bonchev–Trinajstić information content (AvgIpc) is 2.59. The maximum absolute atomic E-state index is 12.4. The van der Waals surface area contributed by atoms with E-state index in [1.165, 1.54) is 37.0 Å². The highest BCUT2D eigenvalue weighted by Gasteiger charge is 2.30. The van der Waals surface area contributed by atoms with E-state index in [-0.39, 0.29) is 11.8 Å². The van der Waals surface area contributed by atoms with Crippen molar-refractivity contribution in [3.8, 4) is 0 Å². The lowest BCUT2D eigenvalue weighted by atomic mass is 9.92. The predicted octanol–water partition coefficient (Wildman–Crippen LogP) is 3.81. The molecule has 0 bridgehead atoms. The van der Waals surface area contributed by atoms with Gasteiger partial charge in [-0.05, 0) is 31.0 Å². The van der Waals surface area contributed by atoms with Crippen molar-refractivity contribution in [3.63, 3.8) is 0 Å². The number of hydrogen-bond donors (Lipinski definition) is 1. The molecule has 23 heavy (non-hydrogen) atoms. The van der Waals surface area contributed by atoms with Gasteiger partial charge in [0.25, 0.3) is 11.8 Å². The molecular formula is C19H20N2O2. The number of carbonyl (C=O) groups excluding carboxylic acids is 2. The van der Waals surface area contributed by atoms with Gasteiger partial charge < -0.3 is 5.32 Å². The first kappa shape index (κ1) is 14.2. The lowest BCUT2D eigenvalue weighted by Crippen LogP contribution is -2.37.